The van der Waals surface area contributed by atoms with Crippen molar-refractivity contribution >= 4 is 29.9 Å². The number of nitrogens with two attached hydrogens (primary N) is 1. The van der Waals surface area contributed by atoms with Gasteiger partial charge in [0, 0.05) is 11.6 Å². The summed E-state index contributed by atoms with van der Waals surface area (Å²) >= 11 is 6.20. The molecule has 0 bridgehead atoms. The fraction of sp³-hybridized carbons (Fsp3) is 0.562. The quantitative estimate of drug-likeness (QED) is 0.815. The summed E-state index contributed by atoms with van der Waals surface area (Å²) in [5.74, 6) is 1.11. The van der Waals surface area contributed by atoms with Gasteiger partial charge in [0.15, 0.2) is 11.5 Å². The summed E-state index contributed by atoms with van der Waals surface area (Å²) < 4.78 is 10.7. The molecule has 7 heteroatoms. The van der Waals surface area contributed by atoms with Gasteiger partial charge in [0.2, 0.25) is 0 Å². The third kappa shape index (κ3) is 4.66. The molecule has 2 rings (SSSR count). The van der Waals surface area contributed by atoms with Crippen molar-refractivity contribution in [2.75, 3.05) is 20.3 Å². The molecular formula is C16H24Cl2N2O3. The molecule has 1 aliphatic rings. The summed E-state index contributed by atoms with van der Waals surface area (Å²) in [6.45, 7) is 2.93. The highest BCUT2D eigenvalue weighted by Gasteiger charge is 2.28. The molecule has 1 aromatic carbocycles. The maximum atomic E-state index is 12.4. The Kier molecular flexibility index (Phi) is 7.95. The molecule has 0 aromatic heterocycles. The lowest BCUT2D eigenvalue weighted by atomic mass is 10.0. The van der Waals surface area contributed by atoms with Crippen LogP contribution in [0.4, 0.5) is 0 Å². The highest BCUT2D eigenvalue weighted by atomic mass is 35.5. The van der Waals surface area contributed by atoms with Crippen LogP contribution in [0.2, 0.25) is 5.02 Å². The van der Waals surface area contributed by atoms with Crippen LogP contribution in [0, 0.1) is 5.92 Å². The van der Waals surface area contributed by atoms with E-state index in [9.17, 15) is 4.79 Å². The number of ether oxygens (including phenoxy) is 2. The van der Waals surface area contributed by atoms with Crippen molar-refractivity contribution < 1.29 is 14.3 Å². The largest absolute Gasteiger partial charge is 0.493 e. The van der Waals surface area contributed by atoms with E-state index < -0.39 is 0 Å². The zero-order valence-electron chi connectivity index (χ0n) is 13.4. The van der Waals surface area contributed by atoms with E-state index in [1.807, 2.05) is 6.92 Å². The van der Waals surface area contributed by atoms with E-state index >= 15 is 0 Å². The van der Waals surface area contributed by atoms with Gasteiger partial charge >= 0.3 is 0 Å². The number of nitrogens with one attached hydrogen (secondary N) is 1. The number of methoxy groups -OCH3 is 1. The van der Waals surface area contributed by atoms with Crippen LogP contribution in [0.25, 0.3) is 0 Å². The number of carbonyl (C=O) groups is 1. The Morgan fingerprint density at radius 2 is 2.17 bits per heavy atom. The molecule has 1 aromatic rings. The van der Waals surface area contributed by atoms with Gasteiger partial charge in [-0.2, -0.15) is 0 Å². The number of amides is 1. The molecule has 1 aliphatic carbocycles. The number of hydrogen-bond donors (Lipinski definition) is 2. The van der Waals surface area contributed by atoms with Crippen LogP contribution in [-0.2, 0) is 0 Å². The Bertz CT molecular complexity index is 540. The van der Waals surface area contributed by atoms with Crippen LogP contribution < -0.4 is 20.5 Å². The molecule has 1 amide bonds. The van der Waals surface area contributed by atoms with Crippen molar-refractivity contribution in [1.29, 1.82) is 0 Å². The normalized spacial score (nSPS) is 19.8. The third-order valence-corrected chi connectivity index (χ3v) is 4.34. The van der Waals surface area contributed by atoms with Gasteiger partial charge in [0.1, 0.15) is 0 Å². The van der Waals surface area contributed by atoms with Gasteiger partial charge in [-0.05, 0) is 44.4 Å². The van der Waals surface area contributed by atoms with Gasteiger partial charge in [0.05, 0.1) is 18.7 Å². The average molecular weight is 363 g/mol. The maximum Gasteiger partial charge on any atom is 0.251 e. The summed E-state index contributed by atoms with van der Waals surface area (Å²) in [6, 6.07) is 3.39. The summed E-state index contributed by atoms with van der Waals surface area (Å²) in [5, 5.41) is 3.42. The summed E-state index contributed by atoms with van der Waals surface area (Å²) in [7, 11) is 1.53. The Labute approximate surface area is 148 Å². The van der Waals surface area contributed by atoms with Crippen LogP contribution in [0.3, 0.4) is 0 Å². The SMILES string of the molecule is CCOc1c(Cl)cc(C(=O)NC2CCCC2CN)cc1OC.Cl. The number of rotatable bonds is 6. The molecule has 5 nitrogen and oxygen atoms in total. The predicted molar refractivity (Wildman–Crippen MR) is 94.1 cm³/mol. The van der Waals surface area contributed by atoms with Crippen molar-refractivity contribution in [3.8, 4) is 11.5 Å². The molecular weight excluding hydrogens is 339 g/mol. The van der Waals surface area contributed by atoms with Crippen molar-refractivity contribution in [3.63, 3.8) is 0 Å². The van der Waals surface area contributed by atoms with Crippen LogP contribution >= 0.6 is 24.0 Å². The van der Waals surface area contributed by atoms with E-state index in [2.05, 4.69) is 5.32 Å². The molecule has 23 heavy (non-hydrogen) atoms. The lowest BCUT2D eigenvalue weighted by Crippen LogP contribution is -2.39. The molecule has 130 valence electrons. The van der Waals surface area contributed by atoms with E-state index in [0.29, 0.717) is 41.2 Å². The Morgan fingerprint density at radius 1 is 1.43 bits per heavy atom. The number of benzene rings is 1. The second kappa shape index (κ2) is 9.21. The molecule has 0 radical (unpaired) electrons. The lowest BCUT2D eigenvalue weighted by molar-refractivity contribution is 0.0928. The van der Waals surface area contributed by atoms with E-state index in [1.54, 1.807) is 12.1 Å². The fourth-order valence-electron chi connectivity index (χ4n) is 2.90. The maximum absolute atomic E-state index is 12.4. The molecule has 0 aliphatic heterocycles. The Morgan fingerprint density at radius 3 is 2.78 bits per heavy atom. The van der Waals surface area contributed by atoms with Gasteiger partial charge in [-0.1, -0.05) is 18.0 Å². The predicted octanol–water partition coefficient (Wildman–Crippen LogP) is 3.03. The second-order valence-corrected chi connectivity index (χ2v) is 5.84. The monoisotopic (exact) mass is 362 g/mol. The Balaban J connectivity index is 0.00000264. The first kappa shape index (κ1) is 19.9. The zero-order valence-corrected chi connectivity index (χ0v) is 15.0. The van der Waals surface area contributed by atoms with Gasteiger partial charge in [0.25, 0.3) is 5.91 Å². The van der Waals surface area contributed by atoms with Crippen LogP contribution in [0.5, 0.6) is 11.5 Å². The van der Waals surface area contributed by atoms with E-state index in [-0.39, 0.29) is 24.4 Å². The van der Waals surface area contributed by atoms with Gasteiger partial charge in [-0.15, -0.1) is 12.4 Å². The van der Waals surface area contributed by atoms with Crippen molar-refractivity contribution in [2.45, 2.75) is 32.2 Å². The molecule has 1 saturated carbocycles. The molecule has 1 fully saturated rings. The van der Waals surface area contributed by atoms with Crippen LogP contribution in [0.15, 0.2) is 12.1 Å². The number of halogens is 2. The first-order valence-electron chi connectivity index (χ1n) is 7.62. The smallest absolute Gasteiger partial charge is 0.251 e. The molecule has 3 N–H and O–H groups in total. The van der Waals surface area contributed by atoms with Gasteiger partial charge in [-0.3, -0.25) is 4.79 Å². The minimum Gasteiger partial charge on any atom is -0.493 e. The average Bonchev–Trinajstić information content (AvgIpc) is 2.96. The number of carbonyl (C=O) groups excluding carboxylic acids is 1. The summed E-state index contributed by atoms with van der Waals surface area (Å²) in [4.78, 5) is 12.4. The first-order valence-corrected chi connectivity index (χ1v) is 7.99. The van der Waals surface area contributed by atoms with Crippen molar-refractivity contribution in [2.24, 2.45) is 11.7 Å². The Hall–Kier alpha value is -1.17. The molecule has 0 saturated heterocycles. The topological polar surface area (TPSA) is 73.6 Å². The summed E-state index contributed by atoms with van der Waals surface area (Å²) in [5.41, 5.74) is 6.22. The molecule has 0 spiro atoms. The lowest BCUT2D eigenvalue weighted by Gasteiger charge is -2.20. The summed E-state index contributed by atoms with van der Waals surface area (Å²) in [6.07, 6.45) is 3.13. The highest BCUT2D eigenvalue weighted by Crippen LogP contribution is 2.36. The van der Waals surface area contributed by atoms with Crippen molar-refractivity contribution in [1.82, 2.24) is 5.32 Å². The van der Waals surface area contributed by atoms with E-state index in [0.717, 1.165) is 19.3 Å². The fourth-order valence-corrected chi connectivity index (χ4v) is 3.16. The van der Waals surface area contributed by atoms with E-state index in [1.165, 1.54) is 7.11 Å². The molecule has 2 atom stereocenters. The zero-order chi connectivity index (χ0) is 16.1. The third-order valence-electron chi connectivity index (χ3n) is 4.06. The first-order chi connectivity index (χ1) is 10.6. The van der Waals surface area contributed by atoms with Crippen LogP contribution in [-0.4, -0.2) is 32.2 Å². The van der Waals surface area contributed by atoms with Crippen LogP contribution in [0.1, 0.15) is 36.5 Å². The minimum absolute atomic E-state index is 0. The second-order valence-electron chi connectivity index (χ2n) is 5.43. The molecule has 0 heterocycles. The van der Waals surface area contributed by atoms with Crippen molar-refractivity contribution in [3.05, 3.63) is 22.7 Å². The van der Waals surface area contributed by atoms with E-state index in [4.69, 9.17) is 26.8 Å². The standard InChI is InChI=1S/C16H23ClN2O3.ClH/c1-3-22-15-12(17)7-11(8-14(15)21-2)16(20)19-13-6-4-5-10(13)9-18;/h7-8,10,13H,3-6,9,18H2,1-2H3,(H,19,20);1H. The minimum atomic E-state index is -0.159. The van der Waals surface area contributed by atoms with Gasteiger partial charge in [-0.25, -0.2) is 0 Å². The molecule has 2 unspecified atom stereocenters. The van der Waals surface area contributed by atoms with Gasteiger partial charge < -0.3 is 20.5 Å². The highest BCUT2D eigenvalue weighted by molar-refractivity contribution is 6.32. The number of hydrogen-bond acceptors (Lipinski definition) is 4.